The maximum absolute atomic E-state index is 12.3. The molecule has 23 heavy (non-hydrogen) atoms. The molecule has 0 saturated carbocycles. The summed E-state index contributed by atoms with van der Waals surface area (Å²) in [6.07, 6.45) is 0. The largest absolute Gasteiger partial charge is 0.462 e. The number of rotatable bonds is 6. The van der Waals surface area contributed by atoms with Gasteiger partial charge in [0.1, 0.15) is 17.2 Å². The quantitative estimate of drug-likeness (QED) is 0.749. The van der Waals surface area contributed by atoms with E-state index in [0.717, 1.165) is 15.6 Å². The fourth-order valence-electron chi connectivity index (χ4n) is 1.99. The van der Waals surface area contributed by atoms with Crippen LogP contribution in [0.25, 0.3) is 11.1 Å². The van der Waals surface area contributed by atoms with Gasteiger partial charge >= 0.3 is 5.97 Å². The Morgan fingerprint density at radius 2 is 1.96 bits per heavy atom. The molecule has 0 saturated heterocycles. The predicted molar refractivity (Wildman–Crippen MR) is 93.9 cm³/mol. The summed E-state index contributed by atoms with van der Waals surface area (Å²) in [5.74, 6) is -0.776. The Balaban J connectivity index is 2.42. The third-order valence-corrected chi connectivity index (χ3v) is 4.38. The molecule has 1 N–H and O–H groups in total. The number of anilines is 1. The highest BCUT2D eigenvalue weighted by molar-refractivity contribution is 9.10. The molecule has 1 aromatic carbocycles. The second-order valence-corrected chi connectivity index (χ2v) is 6.36. The number of hydrogen-bond acceptors (Lipinski definition) is 5. The topological polar surface area (TPSA) is 64.6 Å². The van der Waals surface area contributed by atoms with Gasteiger partial charge < -0.3 is 14.8 Å². The summed E-state index contributed by atoms with van der Waals surface area (Å²) in [6.45, 7) is 1.93. The highest BCUT2D eigenvalue weighted by Gasteiger charge is 2.22. The van der Waals surface area contributed by atoms with Crippen LogP contribution < -0.4 is 5.32 Å². The number of ether oxygens (including phenoxy) is 2. The summed E-state index contributed by atoms with van der Waals surface area (Å²) in [5.41, 5.74) is 1.97. The summed E-state index contributed by atoms with van der Waals surface area (Å²) in [6, 6.07) is 7.58. The maximum Gasteiger partial charge on any atom is 0.341 e. The summed E-state index contributed by atoms with van der Waals surface area (Å²) in [4.78, 5) is 24.1. The summed E-state index contributed by atoms with van der Waals surface area (Å²) in [7, 11) is 1.44. The Hall–Kier alpha value is -1.70. The number of hydrogen-bond donors (Lipinski definition) is 1. The molecule has 0 aliphatic rings. The van der Waals surface area contributed by atoms with Crippen LogP contribution in [-0.2, 0) is 14.3 Å². The first-order valence-electron chi connectivity index (χ1n) is 6.90. The lowest BCUT2D eigenvalue weighted by Gasteiger charge is -2.08. The van der Waals surface area contributed by atoms with Gasteiger partial charge in [-0.1, -0.05) is 28.1 Å². The molecule has 1 aromatic heterocycles. The second-order valence-electron chi connectivity index (χ2n) is 4.56. The molecule has 1 amide bonds. The number of nitrogens with one attached hydrogen (secondary N) is 1. The number of carbonyl (C=O) groups excluding carboxylic acids is 2. The normalized spacial score (nSPS) is 10.4. The molecule has 0 unspecified atom stereocenters. The highest BCUT2D eigenvalue weighted by Crippen LogP contribution is 2.36. The van der Waals surface area contributed by atoms with Gasteiger partial charge in [0.15, 0.2) is 0 Å². The molecule has 2 rings (SSSR count). The molecule has 1 heterocycles. The van der Waals surface area contributed by atoms with Gasteiger partial charge in [0, 0.05) is 22.5 Å². The van der Waals surface area contributed by atoms with E-state index in [1.165, 1.54) is 18.4 Å². The molecule has 0 spiro atoms. The van der Waals surface area contributed by atoms with Crippen molar-refractivity contribution in [1.82, 2.24) is 0 Å². The summed E-state index contributed by atoms with van der Waals surface area (Å²) >= 11 is 4.67. The van der Waals surface area contributed by atoms with E-state index in [1.807, 2.05) is 29.6 Å². The van der Waals surface area contributed by atoms with Crippen LogP contribution in [0.3, 0.4) is 0 Å². The highest BCUT2D eigenvalue weighted by atomic mass is 79.9. The lowest BCUT2D eigenvalue weighted by Crippen LogP contribution is -2.18. The van der Waals surface area contributed by atoms with Crippen LogP contribution in [0.1, 0.15) is 17.3 Å². The van der Waals surface area contributed by atoms with E-state index in [-0.39, 0.29) is 19.1 Å². The molecule has 0 bridgehead atoms. The smallest absolute Gasteiger partial charge is 0.341 e. The van der Waals surface area contributed by atoms with E-state index < -0.39 is 5.97 Å². The first-order chi connectivity index (χ1) is 11.1. The minimum Gasteiger partial charge on any atom is -0.462 e. The van der Waals surface area contributed by atoms with Crippen LogP contribution in [0, 0.1) is 0 Å². The Morgan fingerprint density at radius 1 is 1.26 bits per heavy atom. The number of methoxy groups -OCH3 is 1. The summed E-state index contributed by atoms with van der Waals surface area (Å²) in [5, 5.41) is 4.99. The van der Waals surface area contributed by atoms with E-state index in [1.54, 1.807) is 6.92 Å². The Morgan fingerprint density at radius 3 is 2.57 bits per heavy atom. The van der Waals surface area contributed by atoms with Crippen molar-refractivity contribution in [2.24, 2.45) is 0 Å². The maximum atomic E-state index is 12.3. The van der Waals surface area contributed by atoms with E-state index in [0.29, 0.717) is 10.6 Å². The second kappa shape index (κ2) is 8.24. The predicted octanol–water partition coefficient (Wildman–Crippen LogP) is 3.94. The van der Waals surface area contributed by atoms with Crippen LogP contribution in [0.4, 0.5) is 5.00 Å². The van der Waals surface area contributed by atoms with Crippen molar-refractivity contribution in [2.45, 2.75) is 6.92 Å². The van der Waals surface area contributed by atoms with E-state index in [2.05, 4.69) is 21.2 Å². The van der Waals surface area contributed by atoms with Crippen molar-refractivity contribution in [3.05, 3.63) is 39.7 Å². The molecule has 0 aliphatic heterocycles. The molecule has 0 fully saturated rings. The van der Waals surface area contributed by atoms with Crippen LogP contribution in [0.5, 0.6) is 0 Å². The molecular formula is C16H16BrNO4S. The van der Waals surface area contributed by atoms with Gasteiger partial charge in [0.05, 0.1) is 6.61 Å². The average molecular weight is 398 g/mol. The van der Waals surface area contributed by atoms with Crippen LogP contribution in [-0.4, -0.2) is 32.2 Å². The first-order valence-corrected chi connectivity index (χ1v) is 8.57. The number of esters is 1. The average Bonchev–Trinajstić information content (AvgIpc) is 2.92. The number of carbonyl (C=O) groups is 2. The summed E-state index contributed by atoms with van der Waals surface area (Å²) < 4.78 is 10.9. The van der Waals surface area contributed by atoms with Crippen molar-refractivity contribution in [3.63, 3.8) is 0 Å². The first kappa shape index (κ1) is 17.7. The number of amides is 1. The fourth-order valence-corrected chi connectivity index (χ4v) is 3.23. The van der Waals surface area contributed by atoms with Gasteiger partial charge in [0.2, 0.25) is 0 Å². The van der Waals surface area contributed by atoms with Crippen LogP contribution >= 0.6 is 27.3 Å². The van der Waals surface area contributed by atoms with Crippen molar-refractivity contribution >= 4 is 44.1 Å². The zero-order chi connectivity index (χ0) is 16.8. The van der Waals surface area contributed by atoms with E-state index in [9.17, 15) is 9.59 Å². The number of benzene rings is 1. The molecule has 2 aromatic rings. The molecule has 0 radical (unpaired) electrons. The van der Waals surface area contributed by atoms with Crippen molar-refractivity contribution in [3.8, 4) is 11.1 Å². The van der Waals surface area contributed by atoms with Crippen molar-refractivity contribution in [1.29, 1.82) is 0 Å². The van der Waals surface area contributed by atoms with Gasteiger partial charge in [0.25, 0.3) is 5.91 Å². The third kappa shape index (κ3) is 4.40. The molecule has 5 nitrogen and oxygen atoms in total. The zero-order valence-corrected chi connectivity index (χ0v) is 15.1. The van der Waals surface area contributed by atoms with Crippen LogP contribution in [0.2, 0.25) is 0 Å². The van der Waals surface area contributed by atoms with Crippen LogP contribution in [0.15, 0.2) is 34.1 Å². The standard InChI is InChI=1S/C16H16BrNO4S/c1-3-22-16(20)14-12(10-4-6-11(17)7-5-10)9-23-15(14)18-13(19)8-21-2/h4-7,9H,3,8H2,1-2H3,(H,18,19). The third-order valence-electron chi connectivity index (χ3n) is 2.95. The lowest BCUT2D eigenvalue weighted by atomic mass is 10.0. The molecule has 0 aliphatic carbocycles. The minimum atomic E-state index is -0.459. The number of thiophene rings is 1. The monoisotopic (exact) mass is 397 g/mol. The van der Waals surface area contributed by atoms with Gasteiger partial charge in [-0.25, -0.2) is 4.79 Å². The molecular weight excluding hydrogens is 382 g/mol. The minimum absolute atomic E-state index is 0.0756. The van der Waals surface area contributed by atoms with Crippen molar-refractivity contribution in [2.75, 3.05) is 25.6 Å². The molecule has 0 atom stereocenters. The Kier molecular flexibility index (Phi) is 6.32. The fraction of sp³-hybridized carbons (Fsp3) is 0.250. The Bertz CT molecular complexity index is 697. The Labute approximate surface area is 146 Å². The van der Waals surface area contributed by atoms with Gasteiger partial charge in [-0.2, -0.15) is 0 Å². The van der Waals surface area contributed by atoms with E-state index in [4.69, 9.17) is 9.47 Å². The van der Waals surface area contributed by atoms with Gasteiger partial charge in [-0.3, -0.25) is 4.79 Å². The molecule has 7 heteroatoms. The number of halogens is 1. The lowest BCUT2D eigenvalue weighted by molar-refractivity contribution is -0.119. The van der Waals surface area contributed by atoms with E-state index >= 15 is 0 Å². The van der Waals surface area contributed by atoms with Crippen molar-refractivity contribution < 1.29 is 19.1 Å². The zero-order valence-electron chi connectivity index (χ0n) is 12.7. The van der Waals surface area contributed by atoms with Gasteiger partial charge in [-0.15, -0.1) is 11.3 Å². The molecule has 122 valence electrons. The SMILES string of the molecule is CCOC(=O)c1c(-c2ccc(Br)cc2)csc1NC(=O)COC. The van der Waals surface area contributed by atoms with Gasteiger partial charge in [-0.05, 0) is 24.6 Å².